The first-order valence-corrected chi connectivity index (χ1v) is 11.5. The molecule has 5 nitrogen and oxygen atoms in total. The van der Waals surface area contributed by atoms with Crippen molar-refractivity contribution in [1.29, 1.82) is 0 Å². The van der Waals surface area contributed by atoms with Gasteiger partial charge in [0, 0.05) is 39.8 Å². The van der Waals surface area contributed by atoms with Gasteiger partial charge in [-0.2, -0.15) is 0 Å². The van der Waals surface area contributed by atoms with E-state index in [1.165, 1.54) is 0 Å². The van der Waals surface area contributed by atoms with Crippen LogP contribution in [0, 0.1) is 0 Å². The first-order chi connectivity index (χ1) is 15.9. The number of nitrogens with zero attached hydrogens (tertiary/aromatic N) is 1. The Hall–Kier alpha value is -2.28. The fourth-order valence-corrected chi connectivity index (χ4v) is 5.23. The van der Waals surface area contributed by atoms with Crippen molar-refractivity contribution < 1.29 is 19.7 Å². The lowest BCUT2D eigenvalue weighted by Gasteiger charge is -2.42. The quantitative estimate of drug-likeness (QED) is 0.466. The van der Waals surface area contributed by atoms with Gasteiger partial charge in [0.2, 0.25) is 0 Å². The van der Waals surface area contributed by atoms with Crippen molar-refractivity contribution in [3.8, 4) is 11.5 Å². The van der Waals surface area contributed by atoms with Crippen molar-refractivity contribution >= 4 is 23.2 Å². The molecule has 1 fully saturated rings. The number of hydrogen-bond donors (Lipinski definition) is 2. The van der Waals surface area contributed by atoms with Crippen molar-refractivity contribution in [2.75, 3.05) is 20.8 Å². The number of benzene rings is 3. The van der Waals surface area contributed by atoms with Crippen molar-refractivity contribution in [3.63, 3.8) is 0 Å². The van der Waals surface area contributed by atoms with E-state index in [0.717, 1.165) is 6.42 Å². The van der Waals surface area contributed by atoms with Gasteiger partial charge in [0.1, 0.15) is 23.3 Å². The van der Waals surface area contributed by atoms with E-state index in [-0.39, 0.29) is 0 Å². The molecule has 174 valence electrons. The molecule has 3 aromatic rings. The smallest absolute Gasteiger partial charge is 0.135 e. The van der Waals surface area contributed by atoms with Crippen LogP contribution in [0.3, 0.4) is 0 Å². The predicted octanol–water partition coefficient (Wildman–Crippen LogP) is 5.40. The molecule has 0 saturated carbocycles. The number of halogens is 2. The van der Waals surface area contributed by atoms with E-state index < -0.39 is 17.9 Å². The summed E-state index contributed by atoms with van der Waals surface area (Å²) >= 11 is 13.0. The maximum absolute atomic E-state index is 12.5. The van der Waals surface area contributed by atoms with Crippen molar-refractivity contribution in [2.45, 2.75) is 30.7 Å². The maximum Gasteiger partial charge on any atom is 0.135 e. The molecule has 0 aliphatic carbocycles. The molecule has 3 atom stereocenters. The lowest BCUT2D eigenvalue weighted by molar-refractivity contribution is -0.0771. The molecule has 1 aliphatic rings. The van der Waals surface area contributed by atoms with Gasteiger partial charge in [0.25, 0.3) is 0 Å². The Morgan fingerprint density at radius 3 is 2.15 bits per heavy atom. The second kappa shape index (κ2) is 9.92. The summed E-state index contributed by atoms with van der Waals surface area (Å²) in [5.41, 5.74) is 0.148. The second-order valence-electron chi connectivity index (χ2n) is 8.14. The molecule has 4 rings (SSSR count). The summed E-state index contributed by atoms with van der Waals surface area (Å²) in [5, 5.41) is 24.8. The molecule has 2 N–H and O–H groups in total. The summed E-state index contributed by atoms with van der Waals surface area (Å²) in [4.78, 5) is 1.89. The van der Waals surface area contributed by atoms with Crippen LogP contribution < -0.4 is 9.47 Å². The molecule has 1 heterocycles. The number of rotatable bonds is 7. The van der Waals surface area contributed by atoms with E-state index in [0.29, 0.717) is 51.2 Å². The van der Waals surface area contributed by atoms with E-state index in [4.69, 9.17) is 32.7 Å². The van der Waals surface area contributed by atoms with Crippen molar-refractivity contribution in [3.05, 3.63) is 93.5 Å². The minimum atomic E-state index is -1.56. The Balaban J connectivity index is 1.89. The van der Waals surface area contributed by atoms with E-state index in [9.17, 15) is 10.2 Å². The van der Waals surface area contributed by atoms with E-state index in [1.807, 2.05) is 35.2 Å². The molecular weight excluding hydrogens is 461 g/mol. The van der Waals surface area contributed by atoms with Gasteiger partial charge < -0.3 is 19.7 Å². The van der Waals surface area contributed by atoms with E-state index >= 15 is 0 Å². The molecule has 0 aromatic heterocycles. The van der Waals surface area contributed by atoms with Gasteiger partial charge in [-0.1, -0.05) is 59.6 Å². The van der Waals surface area contributed by atoms with Crippen LogP contribution >= 0.6 is 23.2 Å². The molecule has 0 spiro atoms. The highest BCUT2D eigenvalue weighted by Gasteiger charge is 2.49. The van der Waals surface area contributed by atoms with Crippen LogP contribution in [0.25, 0.3) is 0 Å². The average Bonchev–Trinajstić information content (AvgIpc) is 3.34. The fourth-order valence-electron chi connectivity index (χ4n) is 4.72. The van der Waals surface area contributed by atoms with Gasteiger partial charge in [-0.15, -0.1) is 0 Å². The average molecular weight is 488 g/mol. The Labute approximate surface area is 204 Å². The Morgan fingerprint density at radius 2 is 1.55 bits per heavy atom. The number of methoxy groups -OCH3 is 2. The van der Waals surface area contributed by atoms with E-state index in [2.05, 4.69) is 0 Å². The van der Waals surface area contributed by atoms with Crippen LogP contribution in [-0.4, -0.2) is 41.9 Å². The van der Waals surface area contributed by atoms with Gasteiger partial charge in [-0.05, 0) is 42.7 Å². The second-order valence-corrected chi connectivity index (χ2v) is 8.95. The number of hydrogen-bond acceptors (Lipinski definition) is 5. The van der Waals surface area contributed by atoms with Crippen LogP contribution in [-0.2, 0) is 5.60 Å². The summed E-state index contributed by atoms with van der Waals surface area (Å²) in [6.07, 6.45) is 0.440. The Bertz CT molecular complexity index is 1100. The van der Waals surface area contributed by atoms with Crippen molar-refractivity contribution in [1.82, 2.24) is 4.90 Å². The lowest BCUT2D eigenvalue weighted by atomic mass is 9.78. The Morgan fingerprint density at radius 1 is 0.939 bits per heavy atom. The maximum atomic E-state index is 12.5. The molecule has 0 radical (unpaired) electrons. The lowest BCUT2D eigenvalue weighted by Crippen LogP contribution is -2.49. The molecule has 3 aromatic carbocycles. The van der Waals surface area contributed by atoms with Gasteiger partial charge in [-0.3, -0.25) is 4.90 Å². The van der Waals surface area contributed by atoms with Gasteiger partial charge in [0.15, 0.2) is 0 Å². The SMILES string of the molecule is COc1cc(OC)cc(C(O)(c2ccccc2Cl)C2CCCN2C(O)c2ccccc2Cl)c1. The molecule has 0 bridgehead atoms. The van der Waals surface area contributed by atoms with Gasteiger partial charge in [-0.25, -0.2) is 0 Å². The van der Waals surface area contributed by atoms with Crippen LogP contribution in [0.15, 0.2) is 66.7 Å². The van der Waals surface area contributed by atoms with Gasteiger partial charge >= 0.3 is 0 Å². The molecule has 7 heteroatoms. The summed E-state index contributed by atoms with van der Waals surface area (Å²) in [6, 6.07) is 19.3. The third-order valence-corrected chi connectivity index (χ3v) is 7.02. The zero-order chi connectivity index (χ0) is 23.6. The number of aliphatic hydroxyl groups is 2. The molecule has 1 saturated heterocycles. The normalized spacial score (nSPS) is 19.2. The van der Waals surface area contributed by atoms with Crippen molar-refractivity contribution in [2.24, 2.45) is 0 Å². The van der Waals surface area contributed by atoms with Crippen LogP contribution in [0.1, 0.15) is 35.8 Å². The first-order valence-electron chi connectivity index (χ1n) is 10.8. The minimum absolute atomic E-state index is 0.431. The Kier molecular flexibility index (Phi) is 7.17. The van der Waals surface area contributed by atoms with Crippen LogP contribution in [0.4, 0.5) is 0 Å². The first kappa shape index (κ1) is 23.9. The standard InChI is InChI=1S/C26H27Cl2NO4/c1-32-18-14-17(15-19(16-18)33-2)26(31,21-9-4-6-11-23(21)28)24-12-7-13-29(24)25(30)20-8-3-5-10-22(20)27/h3-6,8-11,14-16,24-25,30-31H,7,12-13H2,1-2H3. The summed E-state index contributed by atoms with van der Waals surface area (Å²) in [7, 11) is 3.13. The predicted molar refractivity (Wildman–Crippen MR) is 130 cm³/mol. The highest BCUT2D eigenvalue weighted by molar-refractivity contribution is 6.31. The van der Waals surface area contributed by atoms with Crippen LogP contribution in [0.2, 0.25) is 10.0 Å². The zero-order valence-electron chi connectivity index (χ0n) is 18.5. The molecule has 0 amide bonds. The summed E-state index contributed by atoms with van der Waals surface area (Å²) in [6.45, 7) is 0.588. The third kappa shape index (κ3) is 4.44. The van der Waals surface area contributed by atoms with E-state index in [1.54, 1.807) is 50.6 Å². The molecule has 1 aliphatic heterocycles. The van der Waals surface area contributed by atoms with Crippen LogP contribution in [0.5, 0.6) is 11.5 Å². The number of likely N-dealkylation sites (tertiary alicyclic amines) is 1. The molecular formula is C26H27Cl2NO4. The third-order valence-electron chi connectivity index (χ3n) is 6.35. The highest BCUT2D eigenvalue weighted by Crippen LogP contribution is 2.46. The largest absolute Gasteiger partial charge is 0.497 e. The zero-order valence-corrected chi connectivity index (χ0v) is 20.1. The molecule has 3 unspecified atom stereocenters. The fraction of sp³-hybridized carbons (Fsp3) is 0.308. The monoisotopic (exact) mass is 487 g/mol. The number of ether oxygens (including phenoxy) is 2. The molecule has 33 heavy (non-hydrogen) atoms. The minimum Gasteiger partial charge on any atom is -0.497 e. The summed E-state index contributed by atoms with van der Waals surface area (Å²) < 4.78 is 11.0. The number of aliphatic hydroxyl groups excluding tert-OH is 1. The van der Waals surface area contributed by atoms with Gasteiger partial charge in [0.05, 0.1) is 14.2 Å². The topological polar surface area (TPSA) is 62.2 Å². The summed E-state index contributed by atoms with van der Waals surface area (Å²) in [5.74, 6) is 1.09. The highest BCUT2D eigenvalue weighted by atomic mass is 35.5.